The minimum atomic E-state index is -0.953. The molecule has 40 heavy (non-hydrogen) atoms. The maximum absolute atomic E-state index is 15.0. The van der Waals surface area contributed by atoms with Gasteiger partial charge in [-0.1, -0.05) is 12.5 Å². The molecule has 4 heterocycles. The van der Waals surface area contributed by atoms with Crippen molar-refractivity contribution in [3.05, 3.63) is 53.4 Å². The first-order chi connectivity index (χ1) is 19.4. The Kier molecular flexibility index (Phi) is 7.86. The number of ether oxygens (including phenoxy) is 3. The number of halogens is 2. The Morgan fingerprint density at radius 3 is 2.55 bits per heavy atom. The number of morpholine rings is 1. The lowest BCUT2D eigenvalue weighted by Crippen LogP contribution is -2.35. The Hall–Kier alpha value is -4.21. The summed E-state index contributed by atoms with van der Waals surface area (Å²) in [5.41, 5.74) is 7.66. The number of benzene rings is 1. The fourth-order valence-electron chi connectivity index (χ4n) is 5.11. The number of methoxy groups -OCH3 is 2. The van der Waals surface area contributed by atoms with Gasteiger partial charge in [-0.05, 0) is 18.4 Å². The Bertz CT molecular complexity index is 1490. The van der Waals surface area contributed by atoms with Crippen molar-refractivity contribution in [1.82, 2.24) is 24.6 Å². The molecule has 0 saturated carbocycles. The van der Waals surface area contributed by atoms with E-state index in [1.165, 1.54) is 20.3 Å². The molecule has 0 unspecified atom stereocenters. The molecular formula is C28H30F2N6O4. The molecule has 0 spiro atoms. The number of anilines is 1. The van der Waals surface area contributed by atoms with Gasteiger partial charge >= 0.3 is 0 Å². The van der Waals surface area contributed by atoms with E-state index in [2.05, 4.69) is 28.3 Å². The van der Waals surface area contributed by atoms with Gasteiger partial charge in [0.05, 0.1) is 44.4 Å². The van der Waals surface area contributed by atoms with Gasteiger partial charge in [-0.25, -0.2) is 13.8 Å². The SMILES string of the molecule is C=CC(=O)N1CC[C@H](n2nc(C#Cc3c(F)c(OC)cc(OC)c3F)c3c(N)ncc(CN4CCOCC4)c32)C1. The second-order valence-corrected chi connectivity index (χ2v) is 9.54. The quantitative estimate of drug-likeness (QED) is 0.367. The molecule has 2 aromatic heterocycles. The minimum Gasteiger partial charge on any atom is -0.493 e. The Morgan fingerprint density at radius 2 is 1.90 bits per heavy atom. The molecule has 2 aliphatic rings. The van der Waals surface area contributed by atoms with Gasteiger partial charge in [0.25, 0.3) is 0 Å². The summed E-state index contributed by atoms with van der Waals surface area (Å²) in [6.45, 7) is 7.89. The minimum absolute atomic E-state index is 0.161. The van der Waals surface area contributed by atoms with Crippen LogP contribution >= 0.6 is 0 Å². The number of hydrogen-bond acceptors (Lipinski definition) is 8. The maximum Gasteiger partial charge on any atom is 0.246 e. The van der Waals surface area contributed by atoms with Gasteiger partial charge in [0.15, 0.2) is 23.1 Å². The predicted molar refractivity (Wildman–Crippen MR) is 144 cm³/mol. The molecule has 2 saturated heterocycles. The van der Waals surface area contributed by atoms with Crippen LogP contribution in [0.5, 0.6) is 11.5 Å². The number of rotatable bonds is 6. The van der Waals surface area contributed by atoms with Crippen LogP contribution in [0.15, 0.2) is 24.9 Å². The number of carbonyl (C=O) groups excluding carboxylic acids is 1. The molecule has 0 radical (unpaired) electrons. The highest BCUT2D eigenvalue weighted by molar-refractivity contribution is 5.95. The number of nitrogens with two attached hydrogens (primary N) is 1. The van der Waals surface area contributed by atoms with Crippen molar-refractivity contribution in [2.75, 3.05) is 59.3 Å². The van der Waals surface area contributed by atoms with Crippen LogP contribution < -0.4 is 15.2 Å². The summed E-state index contributed by atoms with van der Waals surface area (Å²) < 4.78 is 47.4. The highest BCUT2D eigenvalue weighted by Gasteiger charge is 2.30. The number of pyridine rings is 1. The van der Waals surface area contributed by atoms with E-state index >= 15 is 8.78 Å². The van der Waals surface area contributed by atoms with Crippen molar-refractivity contribution in [2.45, 2.75) is 19.0 Å². The highest BCUT2D eigenvalue weighted by Crippen LogP contribution is 2.34. The molecule has 3 aromatic rings. The first-order valence-electron chi connectivity index (χ1n) is 12.8. The fourth-order valence-corrected chi connectivity index (χ4v) is 5.11. The van der Waals surface area contributed by atoms with Gasteiger partial charge < -0.3 is 24.8 Å². The molecule has 2 aliphatic heterocycles. The van der Waals surface area contributed by atoms with Crippen LogP contribution in [0.1, 0.15) is 29.3 Å². The average Bonchev–Trinajstić information content (AvgIpc) is 3.61. The van der Waals surface area contributed by atoms with E-state index in [9.17, 15) is 4.79 Å². The van der Waals surface area contributed by atoms with Crippen LogP contribution in [-0.2, 0) is 16.1 Å². The Morgan fingerprint density at radius 1 is 1.20 bits per heavy atom. The lowest BCUT2D eigenvalue weighted by molar-refractivity contribution is -0.125. The van der Waals surface area contributed by atoms with E-state index in [1.807, 2.05) is 4.68 Å². The number of nitrogen functional groups attached to an aromatic ring is 1. The predicted octanol–water partition coefficient (Wildman–Crippen LogP) is 2.50. The monoisotopic (exact) mass is 552 g/mol. The number of carbonyl (C=O) groups is 1. The van der Waals surface area contributed by atoms with Crippen molar-refractivity contribution in [1.29, 1.82) is 0 Å². The summed E-state index contributed by atoms with van der Waals surface area (Å²) in [4.78, 5) is 20.6. The number of fused-ring (bicyclic) bond motifs is 1. The van der Waals surface area contributed by atoms with Crippen LogP contribution in [0.4, 0.5) is 14.6 Å². The Labute approximate surface area is 230 Å². The zero-order chi connectivity index (χ0) is 28.4. The molecule has 0 aliphatic carbocycles. The van der Waals surface area contributed by atoms with E-state index in [0.29, 0.717) is 44.7 Å². The van der Waals surface area contributed by atoms with E-state index in [0.717, 1.165) is 30.2 Å². The molecule has 12 heteroatoms. The van der Waals surface area contributed by atoms with E-state index in [1.54, 1.807) is 11.1 Å². The molecule has 5 rings (SSSR count). The van der Waals surface area contributed by atoms with Gasteiger partial charge in [-0.2, -0.15) is 5.10 Å². The third kappa shape index (κ3) is 5.05. The second-order valence-electron chi connectivity index (χ2n) is 9.54. The van der Waals surface area contributed by atoms with Crippen LogP contribution in [0.2, 0.25) is 0 Å². The van der Waals surface area contributed by atoms with Crippen molar-refractivity contribution in [2.24, 2.45) is 0 Å². The number of hydrogen-bond donors (Lipinski definition) is 1. The van der Waals surface area contributed by atoms with Crippen molar-refractivity contribution < 1.29 is 27.8 Å². The molecule has 210 valence electrons. The molecule has 0 bridgehead atoms. The van der Waals surface area contributed by atoms with Gasteiger partial charge in [-0.15, -0.1) is 0 Å². The first-order valence-corrected chi connectivity index (χ1v) is 12.8. The zero-order valence-electron chi connectivity index (χ0n) is 22.4. The normalized spacial score (nSPS) is 17.5. The largest absolute Gasteiger partial charge is 0.493 e. The van der Waals surface area contributed by atoms with Crippen LogP contribution in [0, 0.1) is 23.5 Å². The summed E-state index contributed by atoms with van der Waals surface area (Å²) in [7, 11) is 2.54. The lowest BCUT2D eigenvalue weighted by Gasteiger charge is -2.27. The molecule has 1 atom stereocenters. The van der Waals surface area contributed by atoms with Gasteiger partial charge in [-0.3, -0.25) is 14.4 Å². The van der Waals surface area contributed by atoms with Crippen molar-refractivity contribution >= 4 is 22.6 Å². The summed E-state index contributed by atoms with van der Waals surface area (Å²) in [5.74, 6) is 3.13. The van der Waals surface area contributed by atoms with Crippen LogP contribution in [0.3, 0.4) is 0 Å². The summed E-state index contributed by atoms with van der Waals surface area (Å²) >= 11 is 0. The number of likely N-dealkylation sites (tertiary alicyclic amines) is 1. The molecule has 2 fully saturated rings. The van der Waals surface area contributed by atoms with E-state index < -0.39 is 17.2 Å². The molecule has 1 aromatic carbocycles. The van der Waals surface area contributed by atoms with E-state index in [-0.39, 0.29) is 35.0 Å². The van der Waals surface area contributed by atoms with Crippen molar-refractivity contribution in [3.8, 4) is 23.3 Å². The molecule has 2 N–H and O–H groups in total. The second kappa shape index (κ2) is 11.5. The number of aromatic nitrogens is 3. The van der Waals surface area contributed by atoms with Gasteiger partial charge in [0, 0.05) is 50.6 Å². The van der Waals surface area contributed by atoms with E-state index in [4.69, 9.17) is 25.0 Å². The third-order valence-electron chi connectivity index (χ3n) is 7.20. The summed E-state index contributed by atoms with van der Waals surface area (Å²) in [6, 6.07) is 0.952. The van der Waals surface area contributed by atoms with Gasteiger partial charge in [0.2, 0.25) is 5.91 Å². The van der Waals surface area contributed by atoms with Crippen molar-refractivity contribution in [3.63, 3.8) is 0 Å². The fraction of sp³-hybridized carbons (Fsp3) is 0.393. The number of amides is 1. The standard InChI is InChI=1S/C28H30F2N6O4/c1-4-23(37)35-8-7-18(16-35)36-27-17(15-34-9-11-40-12-10-34)14-32-28(31)24(27)20(33-36)6-5-19-25(29)21(38-2)13-22(39-3)26(19)30/h4,13-14,18H,1,7-12,15-16H2,2-3H3,(H2,31,32)/t18-/m0/s1. The molecule has 1 amide bonds. The summed E-state index contributed by atoms with van der Waals surface area (Å²) in [6.07, 6.45) is 3.66. The third-order valence-corrected chi connectivity index (χ3v) is 7.20. The van der Waals surface area contributed by atoms with Gasteiger partial charge in [0.1, 0.15) is 17.1 Å². The molecule has 10 nitrogen and oxygen atoms in total. The summed E-state index contributed by atoms with van der Waals surface area (Å²) in [5, 5.41) is 5.26. The van der Waals surface area contributed by atoms with Crippen LogP contribution in [0.25, 0.3) is 10.9 Å². The van der Waals surface area contributed by atoms with Crippen LogP contribution in [-0.4, -0.2) is 84.1 Å². The smallest absolute Gasteiger partial charge is 0.246 e. The maximum atomic E-state index is 15.0. The highest BCUT2D eigenvalue weighted by atomic mass is 19.1. The topological polar surface area (TPSA) is 108 Å². The zero-order valence-corrected chi connectivity index (χ0v) is 22.4. The first kappa shape index (κ1) is 27.4. The number of nitrogens with zero attached hydrogens (tertiary/aromatic N) is 5. The average molecular weight is 553 g/mol. The lowest BCUT2D eigenvalue weighted by atomic mass is 10.1. The Balaban J connectivity index is 1.65. The molecular weight excluding hydrogens is 522 g/mol.